The van der Waals surface area contributed by atoms with Gasteiger partial charge in [0.25, 0.3) is 0 Å². The first-order valence-corrected chi connectivity index (χ1v) is 4.61. The fourth-order valence-corrected chi connectivity index (χ4v) is 1.48. The molecule has 2 aromatic heterocycles. The maximum absolute atomic E-state index is 5.94. The van der Waals surface area contributed by atoms with E-state index in [0.29, 0.717) is 0 Å². The summed E-state index contributed by atoms with van der Waals surface area (Å²) in [7, 11) is 0. The van der Waals surface area contributed by atoms with Crippen LogP contribution in [-0.2, 0) is 0 Å². The van der Waals surface area contributed by atoms with Crippen LogP contribution in [0.3, 0.4) is 0 Å². The predicted octanol–water partition coefficient (Wildman–Crippen LogP) is 2.14. The van der Waals surface area contributed by atoms with Crippen LogP contribution in [0, 0.1) is 0 Å². The molecule has 0 aliphatic heterocycles. The van der Waals surface area contributed by atoms with Crippen molar-refractivity contribution < 1.29 is 0 Å². The Balaban J connectivity index is 2.38. The monoisotopic (exact) mass is 187 g/mol. The van der Waals surface area contributed by atoms with Crippen molar-refractivity contribution in [3.63, 3.8) is 0 Å². The van der Waals surface area contributed by atoms with Gasteiger partial charge in [-0.15, -0.1) is 6.58 Å². The minimum Gasteiger partial charge on any atom is -0.346 e. The molecule has 2 heterocycles. The van der Waals surface area contributed by atoms with Gasteiger partial charge < -0.3 is 10.7 Å². The van der Waals surface area contributed by atoms with E-state index < -0.39 is 0 Å². The molecule has 0 saturated carbocycles. The number of hydrogen-bond acceptors (Lipinski definition) is 2. The molecule has 0 aromatic carbocycles. The Labute approximate surface area is 82.7 Å². The van der Waals surface area contributed by atoms with Crippen molar-refractivity contribution >= 4 is 11.0 Å². The van der Waals surface area contributed by atoms with Gasteiger partial charge in [-0.2, -0.15) is 0 Å². The molecule has 0 aliphatic carbocycles. The quantitative estimate of drug-likeness (QED) is 0.723. The fraction of sp³-hybridized carbons (Fsp3) is 0.182. The predicted molar refractivity (Wildman–Crippen MR) is 57.8 cm³/mol. The van der Waals surface area contributed by atoms with Crippen molar-refractivity contribution in [2.24, 2.45) is 5.73 Å². The van der Waals surface area contributed by atoms with Gasteiger partial charge in [-0.3, -0.25) is 0 Å². The first kappa shape index (κ1) is 8.97. The summed E-state index contributed by atoms with van der Waals surface area (Å²) in [5.41, 5.74) is 7.90. The molecule has 0 radical (unpaired) electrons. The second kappa shape index (κ2) is 3.64. The van der Waals surface area contributed by atoms with E-state index in [0.717, 1.165) is 23.0 Å². The normalized spacial score (nSPS) is 12.9. The van der Waals surface area contributed by atoms with Crippen LogP contribution in [0.4, 0.5) is 0 Å². The number of rotatable bonds is 3. The van der Waals surface area contributed by atoms with E-state index in [9.17, 15) is 0 Å². The SMILES string of the molecule is C=CC[C@H](N)c1cnc2[nH]ccc2c1. The first-order chi connectivity index (χ1) is 6.81. The van der Waals surface area contributed by atoms with E-state index in [-0.39, 0.29) is 6.04 Å². The lowest BCUT2D eigenvalue weighted by molar-refractivity contribution is 0.739. The van der Waals surface area contributed by atoms with E-state index in [1.165, 1.54) is 0 Å². The molecule has 3 N–H and O–H groups in total. The van der Waals surface area contributed by atoms with Gasteiger partial charge in [-0.05, 0) is 24.1 Å². The lowest BCUT2D eigenvalue weighted by Gasteiger charge is -2.08. The minimum atomic E-state index is -0.000648. The van der Waals surface area contributed by atoms with Gasteiger partial charge in [0.1, 0.15) is 5.65 Å². The summed E-state index contributed by atoms with van der Waals surface area (Å²) in [6.07, 6.45) is 6.29. The van der Waals surface area contributed by atoms with Crippen LogP contribution < -0.4 is 5.73 Å². The second-order valence-corrected chi connectivity index (χ2v) is 3.32. The van der Waals surface area contributed by atoms with Crippen LogP contribution in [-0.4, -0.2) is 9.97 Å². The lowest BCUT2D eigenvalue weighted by atomic mass is 10.1. The van der Waals surface area contributed by atoms with E-state index >= 15 is 0 Å². The highest BCUT2D eigenvalue weighted by atomic mass is 14.8. The van der Waals surface area contributed by atoms with Crippen molar-refractivity contribution in [1.82, 2.24) is 9.97 Å². The Bertz CT molecular complexity index is 444. The molecule has 1 atom stereocenters. The molecule has 0 aliphatic rings. The Kier molecular flexibility index (Phi) is 2.33. The number of aromatic nitrogens is 2. The molecule has 0 fully saturated rings. The van der Waals surface area contributed by atoms with Crippen molar-refractivity contribution in [3.05, 3.63) is 42.7 Å². The Morgan fingerprint density at radius 1 is 1.64 bits per heavy atom. The molecule has 0 unspecified atom stereocenters. The molecule has 2 aromatic rings. The standard InChI is InChI=1S/C11H13N3/c1-2-3-10(12)9-6-8-4-5-13-11(8)14-7-9/h2,4-7,10H,1,3,12H2,(H,13,14)/t10-/m0/s1. The molecule has 0 bridgehead atoms. The van der Waals surface area contributed by atoms with Crippen LogP contribution in [0.15, 0.2) is 37.2 Å². The van der Waals surface area contributed by atoms with Crippen molar-refractivity contribution in [3.8, 4) is 0 Å². The van der Waals surface area contributed by atoms with Crippen LogP contribution in [0.5, 0.6) is 0 Å². The number of fused-ring (bicyclic) bond motifs is 1. The first-order valence-electron chi connectivity index (χ1n) is 4.61. The number of nitrogens with one attached hydrogen (secondary N) is 1. The summed E-state index contributed by atoms with van der Waals surface area (Å²) in [6, 6.07) is 4.05. The highest BCUT2D eigenvalue weighted by Gasteiger charge is 2.05. The summed E-state index contributed by atoms with van der Waals surface area (Å²) >= 11 is 0. The van der Waals surface area contributed by atoms with Gasteiger partial charge >= 0.3 is 0 Å². The maximum atomic E-state index is 5.94. The number of H-pyrrole nitrogens is 1. The van der Waals surface area contributed by atoms with Gasteiger partial charge in [-0.25, -0.2) is 4.98 Å². The van der Waals surface area contributed by atoms with Crippen molar-refractivity contribution in [1.29, 1.82) is 0 Å². The van der Waals surface area contributed by atoms with Gasteiger partial charge in [0, 0.05) is 23.8 Å². The molecule has 3 nitrogen and oxygen atoms in total. The molecule has 14 heavy (non-hydrogen) atoms. The van der Waals surface area contributed by atoms with E-state index in [4.69, 9.17) is 5.73 Å². The van der Waals surface area contributed by atoms with Gasteiger partial charge in [0.2, 0.25) is 0 Å². The lowest BCUT2D eigenvalue weighted by Crippen LogP contribution is -2.09. The van der Waals surface area contributed by atoms with Gasteiger partial charge in [0.05, 0.1) is 0 Å². The molecule has 72 valence electrons. The largest absolute Gasteiger partial charge is 0.346 e. The number of hydrogen-bond donors (Lipinski definition) is 2. The average Bonchev–Trinajstić information content (AvgIpc) is 2.64. The molecule has 0 saturated heterocycles. The highest BCUT2D eigenvalue weighted by molar-refractivity contribution is 5.75. The number of nitrogens with zero attached hydrogens (tertiary/aromatic N) is 1. The zero-order valence-electron chi connectivity index (χ0n) is 7.90. The summed E-state index contributed by atoms with van der Waals surface area (Å²) in [5.74, 6) is 0. The van der Waals surface area contributed by atoms with E-state index in [1.807, 2.05) is 24.5 Å². The number of nitrogens with two attached hydrogens (primary N) is 1. The molecule has 3 heteroatoms. The third-order valence-electron chi connectivity index (χ3n) is 2.27. The Morgan fingerprint density at radius 2 is 2.50 bits per heavy atom. The van der Waals surface area contributed by atoms with Crippen LogP contribution in [0.1, 0.15) is 18.0 Å². The number of pyridine rings is 1. The third-order valence-corrected chi connectivity index (χ3v) is 2.27. The van der Waals surface area contributed by atoms with Crippen molar-refractivity contribution in [2.45, 2.75) is 12.5 Å². The summed E-state index contributed by atoms with van der Waals surface area (Å²) in [5, 5.41) is 1.10. The van der Waals surface area contributed by atoms with Crippen molar-refractivity contribution in [2.75, 3.05) is 0 Å². The topological polar surface area (TPSA) is 54.7 Å². The summed E-state index contributed by atoms with van der Waals surface area (Å²) in [6.45, 7) is 3.67. The highest BCUT2D eigenvalue weighted by Crippen LogP contribution is 2.18. The second-order valence-electron chi connectivity index (χ2n) is 3.32. The molecular formula is C11H13N3. The third kappa shape index (κ3) is 1.54. The van der Waals surface area contributed by atoms with E-state index in [1.54, 1.807) is 0 Å². The maximum Gasteiger partial charge on any atom is 0.137 e. The van der Waals surface area contributed by atoms with Crippen LogP contribution >= 0.6 is 0 Å². The minimum absolute atomic E-state index is 0.000648. The average molecular weight is 187 g/mol. The van der Waals surface area contributed by atoms with Gasteiger partial charge in [0.15, 0.2) is 0 Å². The van der Waals surface area contributed by atoms with Crippen LogP contribution in [0.2, 0.25) is 0 Å². The summed E-state index contributed by atoms with van der Waals surface area (Å²) < 4.78 is 0. The molecule has 2 rings (SSSR count). The van der Waals surface area contributed by atoms with Crippen LogP contribution in [0.25, 0.3) is 11.0 Å². The zero-order valence-corrected chi connectivity index (χ0v) is 7.90. The molecule has 0 spiro atoms. The summed E-state index contributed by atoms with van der Waals surface area (Å²) in [4.78, 5) is 7.32. The fourth-order valence-electron chi connectivity index (χ4n) is 1.48. The Morgan fingerprint density at radius 3 is 3.29 bits per heavy atom. The smallest absolute Gasteiger partial charge is 0.137 e. The molecule has 0 amide bonds. The van der Waals surface area contributed by atoms with Gasteiger partial charge in [-0.1, -0.05) is 6.08 Å². The molecular weight excluding hydrogens is 174 g/mol. The Hall–Kier alpha value is -1.61. The number of aromatic amines is 1. The zero-order chi connectivity index (χ0) is 9.97. The van der Waals surface area contributed by atoms with E-state index in [2.05, 4.69) is 22.6 Å².